The summed E-state index contributed by atoms with van der Waals surface area (Å²) >= 11 is 0. The summed E-state index contributed by atoms with van der Waals surface area (Å²) in [6, 6.07) is 0. The number of methoxy groups -OCH3 is 1. The molecule has 25 heavy (non-hydrogen) atoms. The maximum Gasteiger partial charge on any atom is 0.307 e. The van der Waals surface area contributed by atoms with E-state index in [1.165, 1.54) is 26.4 Å². The monoisotopic (exact) mass is 349 g/mol. The highest BCUT2D eigenvalue weighted by molar-refractivity contribution is 5.84. The van der Waals surface area contributed by atoms with E-state index in [1.807, 2.05) is 4.90 Å². The van der Waals surface area contributed by atoms with Gasteiger partial charge in [0.15, 0.2) is 0 Å². The largest absolute Gasteiger partial charge is 0.469 e. The van der Waals surface area contributed by atoms with Crippen LogP contribution in [0.3, 0.4) is 0 Å². The van der Waals surface area contributed by atoms with Crippen molar-refractivity contribution in [3.63, 3.8) is 0 Å². The Kier molecular flexibility index (Phi) is 4.78. The summed E-state index contributed by atoms with van der Waals surface area (Å²) in [5, 5.41) is 0. The Bertz CT molecular complexity index is 491. The van der Waals surface area contributed by atoms with Crippen LogP contribution in [0, 0.1) is 23.2 Å². The molecule has 4 saturated carbocycles. The van der Waals surface area contributed by atoms with Crippen molar-refractivity contribution in [2.75, 3.05) is 26.8 Å². The van der Waals surface area contributed by atoms with Crippen molar-refractivity contribution >= 4 is 11.9 Å². The fraction of sp³-hybridized carbons (Fsp3) is 0.900. The molecule has 0 spiro atoms. The molecule has 5 nitrogen and oxygen atoms in total. The van der Waals surface area contributed by atoms with Gasteiger partial charge in [-0.15, -0.1) is 0 Å². The zero-order chi connectivity index (χ0) is 17.4. The molecule has 1 aliphatic heterocycles. The molecule has 4 aliphatic carbocycles. The van der Waals surface area contributed by atoms with Crippen LogP contribution < -0.4 is 0 Å². The number of rotatable bonds is 6. The van der Waals surface area contributed by atoms with Gasteiger partial charge >= 0.3 is 5.97 Å². The standard InChI is InChI=1S/C20H31NO4/c1-24-18(22)4-5-21(13-17-3-2-6-25-17)19(23)20-10-14-7-15(11-20)9-16(8-14)12-20/h14-17H,2-13H2,1H3. The normalized spacial score (nSPS) is 38.8. The number of amides is 1. The summed E-state index contributed by atoms with van der Waals surface area (Å²) in [7, 11) is 1.41. The van der Waals surface area contributed by atoms with Gasteiger partial charge in [-0.3, -0.25) is 9.59 Å². The van der Waals surface area contributed by atoms with Crippen LogP contribution in [0.15, 0.2) is 0 Å². The summed E-state index contributed by atoms with van der Waals surface area (Å²) in [4.78, 5) is 27.2. The predicted octanol–water partition coefficient (Wildman–Crippen LogP) is 2.77. The highest BCUT2D eigenvalue weighted by Gasteiger charge is 2.55. The van der Waals surface area contributed by atoms with E-state index in [9.17, 15) is 9.59 Å². The van der Waals surface area contributed by atoms with Crippen molar-refractivity contribution in [1.29, 1.82) is 0 Å². The van der Waals surface area contributed by atoms with Crippen LogP contribution in [0.5, 0.6) is 0 Å². The van der Waals surface area contributed by atoms with Gasteiger partial charge in [0.25, 0.3) is 0 Å². The van der Waals surface area contributed by atoms with Gasteiger partial charge < -0.3 is 14.4 Å². The Morgan fingerprint density at radius 3 is 2.28 bits per heavy atom. The van der Waals surface area contributed by atoms with E-state index in [0.29, 0.717) is 19.0 Å². The molecular formula is C20H31NO4. The lowest BCUT2D eigenvalue weighted by Crippen LogP contribution is -2.55. The molecule has 1 saturated heterocycles. The molecule has 1 unspecified atom stereocenters. The molecule has 1 amide bonds. The summed E-state index contributed by atoms with van der Waals surface area (Å²) in [6.45, 7) is 1.89. The Morgan fingerprint density at radius 1 is 1.12 bits per heavy atom. The molecule has 0 N–H and O–H groups in total. The van der Waals surface area contributed by atoms with E-state index in [4.69, 9.17) is 9.47 Å². The zero-order valence-corrected chi connectivity index (χ0v) is 15.4. The van der Waals surface area contributed by atoms with E-state index >= 15 is 0 Å². The van der Waals surface area contributed by atoms with Gasteiger partial charge in [-0.05, 0) is 69.1 Å². The van der Waals surface area contributed by atoms with Crippen molar-refractivity contribution < 1.29 is 19.1 Å². The second kappa shape index (κ2) is 6.90. The molecule has 5 heteroatoms. The second-order valence-electron chi connectivity index (χ2n) is 8.91. The van der Waals surface area contributed by atoms with Crippen molar-refractivity contribution in [1.82, 2.24) is 4.90 Å². The van der Waals surface area contributed by atoms with Gasteiger partial charge in [-0.2, -0.15) is 0 Å². The fourth-order valence-electron chi connectivity index (χ4n) is 6.35. The minimum atomic E-state index is -0.240. The number of hydrogen-bond acceptors (Lipinski definition) is 4. The Labute approximate surface area is 150 Å². The van der Waals surface area contributed by atoms with E-state index in [2.05, 4.69) is 0 Å². The fourth-order valence-corrected chi connectivity index (χ4v) is 6.35. The SMILES string of the molecule is COC(=O)CCN(CC1CCCO1)C(=O)C12CC3CC(CC(C3)C1)C2. The van der Waals surface area contributed by atoms with Crippen LogP contribution in [-0.2, 0) is 19.1 Å². The van der Waals surface area contributed by atoms with Gasteiger partial charge in [-0.25, -0.2) is 0 Å². The summed E-state index contributed by atoms with van der Waals surface area (Å²) in [6.07, 6.45) is 9.70. The van der Waals surface area contributed by atoms with Gasteiger partial charge in [0.2, 0.25) is 5.91 Å². The molecule has 4 bridgehead atoms. The Hall–Kier alpha value is -1.10. The maximum absolute atomic E-state index is 13.6. The van der Waals surface area contributed by atoms with Crippen molar-refractivity contribution in [2.45, 2.75) is 63.9 Å². The van der Waals surface area contributed by atoms with Gasteiger partial charge in [0.1, 0.15) is 0 Å². The minimum Gasteiger partial charge on any atom is -0.469 e. The third-order valence-corrected chi connectivity index (χ3v) is 7.04. The Morgan fingerprint density at radius 2 is 1.76 bits per heavy atom. The van der Waals surface area contributed by atoms with Crippen molar-refractivity contribution in [2.24, 2.45) is 23.2 Å². The average Bonchev–Trinajstić information content (AvgIpc) is 3.09. The van der Waals surface area contributed by atoms with Crippen LogP contribution in [0.25, 0.3) is 0 Å². The predicted molar refractivity (Wildman–Crippen MR) is 92.8 cm³/mol. The van der Waals surface area contributed by atoms with Crippen molar-refractivity contribution in [3.05, 3.63) is 0 Å². The molecule has 140 valence electrons. The topological polar surface area (TPSA) is 55.8 Å². The van der Waals surface area contributed by atoms with Crippen LogP contribution in [0.4, 0.5) is 0 Å². The van der Waals surface area contributed by atoms with Crippen LogP contribution >= 0.6 is 0 Å². The molecule has 0 aromatic rings. The molecule has 0 radical (unpaired) electrons. The highest BCUT2D eigenvalue weighted by Crippen LogP contribution is 2.60. The molecule has 1 heterocycles. The first-order valence-corrected chi connectivity index (χ1v) is 10.1. The van der Waals surface area contributed by atoms with E-state index in [-0.39, 0.29) is 23.9 Å². The lowest BCUT2D eigenvalue weighted by atomic mass is 9.49. The van der Waals surface area contributed by atoms with E-state index in [0.717, 1.165) is 56.5 Å². The molecule has 1 atom stereocenters. The summed E-state index contributed by atoms with van der Waals surface area (Å²) in [5.74, 6) is 2.31. The third-order valence-electron chi connectivity index (χ3n) is 7.04. The lowest BCUT2D eigenvalue weighted by molar-refractivity contribution is -0.160. The molecular weight excluding hydrogens is 318 g/mol. The molecule has 5 fully saturated rings. The zero-order valence-electron chi connectivity index (χ0n) is 15.4. The van der Waals surface area contributed by atoms with E-state index in [1.54, 1.807) is 0 Å². The first-order valence-electron chi connectivity index (χ1n) is 10.1. The second-order valence-corrected chi connectivity index (χ2v) is 8.91. The van der Waals surface area contributed by atoms with Gasteiger partial charge in [-0.1, -0.05) is 0 Å². The third kappa shape index (κ3) is 3.44. The maximum atomic E-state index is 13.6. The Balaban J connectivity index is 1.48. The molecule has 0 aromatic carbocycles. The average molecular weight is 349 g/mol. The highest BCUT2D eigenvalue weighted by atomic mass is 16.5. The molecule has 5 rings (SSSR count). The van der Waals surface area contributed by atoms with Gasteiger partial charge in [0.05, 0.1) is 25.0 Å². The number of carbonyl (C=O) groups is 2. The summed E-state index contributed by atoms with van der Waals surface area (Å²) in [5.41, 5.74) is -0.149. The van der Waals surface area contributed by atoms with E-state index < -0.39 is 0 Å². The number of nitrogens with zero attached hydrogens (tertiary/aromatic N) is 1. The van der Waals surface area contributed by atoms with Crippen LogP contribution in [0.1, 0.15) is 57.8 Å². The first-order chi connectivity index (χ1) is 12.1. The summed E-state index contributed by atoms with van der Waals surface area (Å²) < 4.78 is 10.6. The van der Waals surface area contributed by atoms with Gasteiger partial charge in [0, 0.05) is 19.7 Å². The number of carbonyl (C=O) groups excluding carboxylic acids is 2. The number of ether oxygens (including phenoxy) is 2. The molecule has 0 aromatic heterocycles. The smallest absolute Gasteiger partial charge is 0.307 e. The number of hydrogen-bond donors (Lipinski definition) is 0. The van der Waals surface area contributed by atoms with Crippen LogP contribution in [0.2, 0.25) is 0 Å². The lowest BCUT2D eigenvalue weighted by Gasteiger charge is -2.56. The van der Waals surface area contributed by atoms with Crippen LogP contribution in [-0.4, -0.2) is 49.7 Å². The number of esters is 1. The first kappa shape index (κ1) is 17.3. The molecule has 5 aliphatic rings. The quantitative estimate of drug-likeness (QED) is 0.692. The minimum absolute atomic E-state index is 0.135. The van der Waals surface area contributed by atoms with Crippen molar-refractivity contribution in [3.8, 4) is 0 Å².